The highest BCUT2D eigenvalue weighted by molar-refractivity contribution is 5.21. The molecule has 0 amide bonds. The first-order chi connectivity index (χ1) is 9.70. The van der Waals surface area contributed by atoms with Crippen molar-refractivity contribution in [2.75, 3.05) is 6.54 Å². The monoisotopic (exact) mass is 272 g/mol. The molecule has 1 N–H and O–H groups in total. The molecule has 1 unspecified atom stereocenters. The molecule has 0 saturated heterocycles. The van der Waals surface area contributed by atoms with Crippen LogP contribution in [0.4, 0.5) is 0 Å². The Morgan fingerprint density at radius 2 is 2.25 bits per heavy atom. The van der Waals surface area contributed by atoms with Crippen LogP contribution >= 0.6 is 0 Å². The van der Waals surface area contributed by atoms with E-state index in [0.717, 1.165) is 25.8 Å². The number of aromatic nitrogens is 3. The van der Waals surface area contributed by atoms with E-state index in [9.17, 15) is 0 Å². The van der Waals surface area contributed by atoms with Gasteiger partial charge in [-0.05, 0) is 49.9 Å². The van der Waals surface area contributed by atoms with Crippen LogP contribution in [0.2, 0.25) is 0 Å². The molecule has 0 fully saturated rings. The Morgan fingerprint density at radius 3 is 2.90 bits per heavy atom. The fourth-order valence-electron chi connectivity index (χ4n) is 2.43. The first kappa shape index (κ1) is 14.7. The molecule has 0 aliphatic heterocycles. The smallest absolute Gasteiger partial charge is 0.0602 e. The van der Waals surface area contributed by atoms with Gasteiger partial charge in [-0.2, -0.15) is 5.10 Å². The summed E-state index contributed by atoms with van der Waals surface area (Å²) in [5.41, 5.74) is 3.71. The molecule has 2 aromatic heterocycles. The second-order valence-corrected chi connectivity index (χ2v) is 5.27. The Morgan fingerprint density at radius 1 is 1.40 bits per heavy atom. The van der Waals surface area contributed by atoms with Crippen molar-refractivity contribution in [3.8, 4) is 0 Å². The predicted molar refractivity (Wildman–Crippen MR) is 81.5 cm³/mol. The summed E-state index contributed by atoms with van der Waals surface area (Å²) >= 11 is 0. The summed E-state index contributed by atoms with van der Waals surface area (Å²) in [6.45, 7) is 5.34. The van der Waals surface area contributed by atoms with E-state index in [1.54, 1.807) is 0 Å². The first-order valence-electron chi connectivity index (χ1n) is 7.33. The molecule has 2 rings (SSSR count). The Balaban J connectivity index is 2.05. The third kappa shape index (κ3) is 3.90. The minimum atomic E-state index is 0.316. The number of pyridine rings is 1. The fraction of sp³-hybridized carbons (Fsp3) is 0.500. The summed E-state index contributed by atoms with van der Waals surface area (Å²) in [5.74, 6) is 0. The number of nitrogens with zero attached hydrogens (tertiary/aromatic N) is 3. The molecule has 0 spiro atoms. The van der Waals surface area contributed by atoms with Crippen molar-refractivity contribution in [1.82, 2.24) is 20.1 Å². The van der Waals surface area contributed by atoms with Crippen molar-refractivity contribution >= 4 is 0 Å². The van der Waals surface area contributed by atoms with E-state index in [-0.39, 0.29) is 0 Å². The molecule has 20 heavy (non-hydrogen) atoms. The van der Waals surface area contributed by atoms with Crippen LogP contribution in [0.15, 0.2) is 30.7 Å². The fourth-order valence-corrected chi connectivity index (χ4v) is 2.43. The third-order valence-electron chi connectivity index (χ3n) is 3.50. The molecule has 0 aliphatic rings. The van der Waals surface area contributed by atoms with Crippen LogP contribution in [0, 0.1) is 6.92 Å². The zero-order chi connectivity index (χ0) is 14.4. The SMILES string of the molecule is CCCNC(CCc1cnn(C)c1)c1ncccc1C. The van der Waals surface area contributed by atoms with Gasteiger partial charge in [-0.25, -0.2) is 0 Å². The van der Waals surface area contributed by atoms with E-state index >= 15 is 0 Å². The Bertz CT molecular complexity index is 533. The van der Waals surface area contributed by atoms with E-state index in [2.05, 4.69) is 41.5 Å². The van der Waals surface area contributed by atoms with E-state index in [4.69, 9.17) is 0 Å². The number of nitrogens with one attached hydrogen (secondary N) is 1. The average Bonchev–Trinajstić information content (AvgIpc) is 2.86. The van der Waals surface area contributed by atoms with Crippen molar-refractivity contribution in [3.63, 3.8) is 0 Å². The summed E-state index contributed by atoms with van der Waals surface area (Å²) in [5, 5.41) is 7.84. The van der Waals surface area contributed by atoms with Crippen molar-refractivity contribution in [3.05, 3.63) is 47.5 Å². The standard InChI is InChI=1S/C16H24N4/c1-4-9-17-15(16-13(2)6-5-10-18-16)8-7-14-11-19-20(3)12-14/h5-6,10-12,15,17H,4,7-9H2,1-3H3. The Labute approximate surface area is 121 Å². The van der Waals surface area contributed by atoms with Gasteiger partial charge < -0.3 is 5.32 Å². The quantitative estimate of drug-likeness (QED) is 0.843. The van der Waals surface area contributed by atoms with Gasteiger partial charge in [0.05, 0.1) is 17.9 Å². The normalized spacial score (nSPS) is 12.6. The lowest BCUT2D eigenvalue weighted by Gasteiger charge is -2.19. The summed E-state index contributed by atoms with van der Waals surface area (Å²) < 4.78 is 1.86. The zero-order valence-electron chi connectivity index (χ0n) is 12.6. The molecule has 4 nitrogen and oxygen atoms in total. The van der Waals surface area contributed by atoms with Crippen LogP contribution < -0.4 is 5.32 Å². The van der Waals surface area contributed by atoms with Crippen molar-refractivity contribution in [1.29, 1.82) is 0 Å². The topological polar surface area (TPSA) is 42.7 Å². The van der Waals surface area contributed by atoms with Crippen LogP contribution in [0.25, 0.3) is 0 Å². The van der Waals surface area contributed by atoms with Crippen LogP contribution in [0.1, 0.15) is 42.6 Å². The predicted octanol–water partition coefficient (Wildman–Crippen LogP) is 2.80. The maximum absolute atomic E-state index is 4.57. The second-order valence-electron chi connectivity index (χ2n) is 5.27. The lowest BCUT2D eigenvalue weighted by molar-refractivity contribution is 0.486. The number of aryl methyl sites for hydroxylation is 3. The second kappa shape index (κ2) is 7.20. The van der Waals surface area contributed by atoms with Crippen LogP contribution in [0.5, 0.6) is 0 Å². The Kier molecular flexibility index (Phi) is 5.30. The van der Waals surface area contributed by atoms with E-state index in [1.165, 1.54) is 16.8 Å². The number of hydrogen-bond donors (Lipinski definition) is 1. The number of hydrogen-bond acceptors (Lipinski definition) is 3. The largest absolute Gasteiger partial charge is 0.309 e. The molecule has 2 aromatic rings. The minimum absolute atomic E-state index is 0.316. The maximum atomic E-state index is 4.57. The molecule has 0 bridgehead atoms. The highest BCUT2D eigenvalue weighted by atomic mass is 15.2. The lowest BCUT2D eigenvalue weighted by Crippen LogP contribution is -2.24. The van der Waals surface area contributed by atoms with Crippen LogP contribution in [0.3, 0.4) is 0 Å². The van der Waals surface area contributed by atoms with Crippen molar-refractivity contribution < 1.29 is 0 Å². The average molecular weight is 272 g/mol. The summed E-state index contributed by atoms with van der Waals surface area (Å²) in [6.07, 6.45) is 9.11. The molecular weight excluding hydrogens is 248 g/mol. The number of rotatable bonds is 7. The van der Waals surface area contributed by atoms with Gasteiger partial charge in [0.1, 0.15) is 0 Å². The van der Waals surface area contributed by atoms with Crippen LogP contribution in [-0.4, -0.2) is 21.3 Å². The Hall–Kier alpha value is -1.68. The molecule has 0 aliphatic carbocycles. The zero-order valence-corrected chi connectivity index (χ0v) is 12.6. The van der Waals surface area contributed by atoms with Gasteiger partial charge in [-0.3, -0.25) is 9.67 Å². The minimum Gasteiger partial charge on any atom is -0.309 e. The van der Waals surface area contributed by atoms with Gasteiger partial charge in [-0.1, -0.05) is 13.0 Å². The molecule has 108 valence electrons. The van der Waals surface area contributed by atoms with Gasteiger partial charge >= 0.3 is 0 Å². The van der Waals surface area contributed by atoms with Crippen molar-refractivity contribution in [2.24, 2.45) is 7.05 Å². The third-order valence-corrected chi connectivity index (χ3v) is 3.50. The maximum Gasteiger partial charge on any atom is 0.0602 e. The molecule has 0 radical (unpaired) electrons. The molecule has 0 aromatic carbocycles. The van der Waals surface area contributed by atoms with Gasteiger partial charge in [-0.15, -0.1) is 0 Å². The molecule has 1 atom stereocenters. The highest BCUT2D eigenvalue weighted by Crippen LogP contribution is 2.20. The van der Waals surface area contributed by atoms with Gasteiger partial charge in [0, 0.05) is 19.4 Å². The highest BCUT2D eigenvalue weighted by Gasteiger charge is 2.14. The van der Waals surface area contributed by atoms with Gasteiger partial charge in [0.15, 0.2) is 0 Å². The van der Waals surface area contributed by atoms with Gasteiger partial charge in [0.2, 0.25) is 0 Å². The molecule has 2 heterocycles. The van der Waals surface area contributed by atoms with E-state index in [0.29, 0.717) is 6.04 Å². The van der Waals surface area contributed by atoms with E-state index in [1.807, 2.05) is 30.2 Å². The summed E-state index contributed by atoms with van der Waals surface area (Å²) in [4.78, 5) is 4.57. The van der Waals surface area contributed by atoms with Crippen molar-refractivity contribution in [2.45, 2.75) is 39.2 Å². The summed E-state index contributed by atoms with van der Waals surface area (Å²) in [7, 11) is 1.96. The lowest BCUT2D eigenvalue weighted by atomic mass is 10.0. The first-order valence-corrected chi connectivity index (χ1v) is 7.33. The molecule has 4 heteroatoms. The van der Waals surface area contributed by atoms with E-state index < -0.39 is 0 Å². The molecular formula is C16H24N4. The summed E-state index contributed by atoms with van der Waals surface area (Å²) in [6, 6.07) is 4.44. The molecule has 0 saturated carbocycles. The van der Waals surface area contributed by atoms with Gasteiger partial charge in [0.25, 0.3) is 0 Å². The van der Waals surface area contributed by atoms with Crippen LogP contribution in [-0.2, 0) is 13.5 Å².